The Labute approximate surface area is 159 Å². The molecule has 25 heavy (non-hydrogen) atoms. The van der Waals surface area contributed by atoms with Crippen LogP contribution in [0.5, 0.6) is 0 Å². The van der Waals surface area contributed by atoms with Gasteiger partial charge >= 0.3 is 0 Å². The van der Waals surface area contributed by atoms with Crippen molar-refractivity contribution in [3.05, 3.63) is 52.6 Å². The van der Waals surface area contributed by atoms with E-state index in [1.807, 2.05) is 40.3 Å². The molecule has 5 nitrogen and oxygen atoms in total. The molecule has 2 heterocycles. The summed E-state index contributed by atoms with van der Waals surface area (Å²) in [6.07, 6.45) is 0.377. The maximum absolute atomic E-state index is 12.1. The molecule has 0 aliphatic rings. The van der Waals surface area contributed by atoms with Crippen molar-refractivity contribution in [1.29, 1.82) is 0 Å². The average Bonchev–Trinajstić information content (AvgIpc) is 3.27. The van der Waals surface area contributed by atoms with Gasteiger partial charge in [0.05, 0.1) is 4.88 Å². The second-order valence-electron chi connectivity index (χ2n) is 5.24. The van der Waals surface area contributed by atoms with E-state index >= 15 is 0 Å². The molecule has 1 aromatic carbocycles. The van der Waals surface area contributed by atoms with Crippen LogP contribution in [0.25, 0.3) is 10.7 Å². The lowest BCUT2D eigenvalue weighted by molar-refractivity contribution is -0.121. The molecule has 0 saturated carbocycles. The number of amides is 1. The Bertz CT molecular complexity index is 856. The van der Waals surface area contributed by atoms with E-state index in [-0.39, 0.29) is 5.91 Å². The maximum atomic E-state index is 12.1. The van der Waals surface area contributed by atoms with Crippen LogP contribution in [0, 0.1) is 4.77 Å². The number of nitrogens with one attached hydrogen (secondary N) is 2. The summed E-state index contributed by atoms with van der Waals surface area (Å²) in [6.45, 7) is 1.16. The fourth-order valence-electron chi connectivity index (χ4n) is 2.30. The molecule has 8 heteroatoms. The molecule has 0 atom stereocenters. The van der Waals surface area contributed by atoms with Crippen LogP contribution in [0.3, 0.4) is 0 Å². The van der Waals surface area contributed by atoms with E-state index in [1.54, 1.807) is 23.1 Å². The smallest absolute Gasteiger partial charge is 0.221 e. The largest absolute Gasteiger partial charge is 0.355 e. The number of carbonyl (C=O) groups excluding carboxylic acids is 1. The lowest BCUT2D eigenvalue weighted by Crippen LogP contribution is -2.26. The molecule has 2 N–H and O–H groups in total. The molecule has 0 aliphatic carbocycles. The number of aromatic amines is 1. The predicted molar refractivity (Wildman–Crippen MR) is 106 cm³/mol. The zero-order valence-corrected chi connectivity index (χ0v) is 15.9. The van der Waals surface area contributed by atoms with Crippen LogP contribution in [-0.2, 0) is 11.3 Å². The molecule has 2 aromatic heterocycles. The summed E-state index contributed by atoms with van der Waals surface area (Å²) in [7, 11) is 0. The third-order valence-corrected chi connectivity index (χ3v) is 5.69. The van der Waals surface area contributed by atoms with Crippen molar-refractivity contribution in [2.45, 2.75) is 17.9 Å². The number of thiophene rings is 1. The second-order valence-corrected chi connectivity index (χ2v) is 7.75. The highest BCUT2D eigenvalue weighted by molar-refractivity contribution is 7.99. The minimum atomic E-state index is 0.0221. The van der Waals surface area contributed by atoms with Crippen molar-refractivity contribution in [1.82, 2.24) is 20.1 Å². The number of nitrogens with zero attached hydrogens (tertiary/aromatic N) is 2. The summed E-state index contributed by atoms with van der Waals surface area (Å²) in [6, 6.07) is 14.1. The fourth-order valence-corrected chi connectivity index (χ4v) is 4.03. The van der Waals surface area contributed by atoms with Gasteiger partial charge in [-0.25, -0.2) is 0 Å². The molecular formula is C17H18N4OS3. The zero-order chi connectivity index (χ0) is 17.5. The summed E-state index contributed by atoms with van der Waals surface area (Å²) in [5, 5.41) is 12.0. The Morgan fingerprint density at radius 3 is 2.88 bits per heavy atom. The van der Waals surface area contributed by atoms with E-state index in [2.05, 4.69) is 27.6 Å². The first-order valence-electron chi connectivity index (χ1n) is 7.87. The average molecular weight is 391 g/mol. The van der Waals surface area contributed by atoms with E-state index in [0.717, 1.165) is 16.5 Å². The van der Waals surface area contributed by atoms with Crippen molar-refractivity contribution in [2.24, 2.45) is 0 Å². The number of hydrogen-bond acceptors (Lipinski definition) is 5. The third-order valence-electron chi connectivity index (χ3n) is 3.50. The fraction of sp³-hybridized carbons (Fsp3) is 0.235. The number of carbonyl (C=O) groups is 1. The SMILES string of the molecule is O=C(CCn1c(-c2cccs2)n[nH]c1=S)NCCSc1ccccc1. The highest BCUT2D eigenvalue weighted by Gasteiger charge is 2.11. The summed E-state index contributed by atoms with van der Waals surface area (Å²) < 4.78 is 2.41. The molecular weight excluding hydrogens is 372 g/mol. The van der Waals surface area contributed by atoms with E-state index in [1.165, 1.54) is 4.90 Å². The quantitative estimate of drug-likeness (QED) is 0.347. The number of rotatable bonds is 8. The van der Waals surface area contributed by atoms with Crippen molar-refractivity contribution in [3.63, 3.8) is 0 Å². The molecule has 3 rings (SSSR count). The van der Waals surface area contributed by atoms with Gasteiger partial charge in [-0.2, -0.15) is 5.10 Å². The van der Waals surface area contributed by atoms with Crippen LogP contribution >= 0.6 is 35.3 Å². The van der Waals surface area contributed by atoms with E-state index < -0.39 is 0 Å². The Kier molecular flexibility index (Phi) is 6.43. The third kappa shape index (κ3) is 5.04. The standard InChI is InChI=1S/C17H18N4OS3/c22-15(18-9-12-24-13-5-2-1-3-6-13)8-10-21-16(19-20-17(21)23)14-7-4-11-25-14/h1-7,11H,8-10,12H2,(H,18,22)(H,20,23). The first-order valence-corrected chi connectivity index (χ1v) is 10.1. The van der Waals surface area contributed by atoms with Crippen LogP contribution in [0.4, 0.5) is 0 Å². The molecule has 0 spiro atoms. The van der Waals surface area contributed by atoms with E-state index in [9.17, 15) is 4.79 Å². The first kappa shape index (κ1) is 17.9. The first-order chi connectivity index (χ1) is 12.2. The van der Waals surface area contributed by atoms with Gasteiger partial charge in [0.15, 0.2) is 10.6 Å². The van der Waals surface area contributed by atoms with Crippen LogP contribution in [0.2, 0.25) is 0 Å². The number of aromatic nitrogens is 3. The van der Waals surface area contributed by atoms with Gasteiger partial charge in [0.1, 0.15) is 0 Å². The minimum Gasteiger partial charge on any atom is -0.355 e. The molecule has 0 unspecified atom stereocenters. The van der Waals surface area contributed by atoms with Gasteiger partial charge in [-0.05, 0) is 35.8 Å². The molecule has 0 radical (unpaired) electrons. The zero-order valence-electron chi connectivity index (χ0n) is 13.5. The highest BCUT2D eigenvalue weighted by atomic mass is 32.2. The van der Waals surface area contributed by atoms with Crippen molar-refractivity contribution in [3.8, 4) is 10.7 Å². The highest BCUT2D eigenvalue weighted by Crippen LogP contribution is 2.22. The van der Waals surface area contributed by atoms with Crippen molar-refractivity contribution >= 4 is 41.2 Å². The van der Waals surface area contributed by atoms with E-state index in [0.29, 0.717) is 24.3 Å². The van der Waals surface area contributed by atoms with Crippen LogP contribution < -0.4 is 5.32 Å². The second kappa shape index (κ2) is 8.98. The Hall–Kier alpha value is -1.90. The summed E-state index contributed by atoms with van der Waals surface area (Å²) >= 11 is 8.60. The van der Waals surface area contributed by atoms with Crippen LogP contribution in [-0.4, -0.2) is 33.0 Å². The lowest BCUT2D eigenvalue weighted by atomic mass is 10.3. The minimum absolute atomic E-state index is 0.0221. The summed E-state index contributed by atoms with van der Waals surface area (Å²) in [5.74, 6) is 1.66. The normalized spacial score (nSPS) is 10.7. The van der Waals surface area contributed by atoms with Crippen LogP contribution in [0.1, 0.15) is 6.42 Å². The van der Waals surface area contributed by atoms with Gasteiger partial charge in [-0.1, -0.05) is 24.3 Å². The molecule has 0 bridgehead atoms. The Balaban J connectivity index is 1.45. The van der Waals surface area contributed by atoms with Gasteiger partial charge in [-0.15, -0.1) is 23.1 Å². The van der Waals surface area contributed by atoms with Crippen molar-refractivity contribution < 1.29 is 4.79 Å². The molecule has 1 amide bonds. The van der Waals surface area contributed by atoms with Crippen LogP contribution in [0.15, 0.2) is 52.7 Å². The topological polar surface area (TPSA) is 62.7 Å². The van der Waals surface area contributed by atoms with Gasteiger partial charge in [0.2, 0.25) is 5.91 Å². The number of hydrogen-bond donors (Lipinski definition) is 2. The number of H-pyrrole nitrogens is 1. The van der Waals surface area contributed by atoms with E-state index in [4.69, 9.17) is 12.2 Å². The summed E-state index contributed by atoms with van der Waals surface area (Å²) in [4.78, 5) is 14.3. The molecule has 0 fully saturated rings. The number of thioether (sulfide) groups is 1. The maximum Gasteiger partial charge on any atom is 0.221 e. The number of benzene rings is 1. The van der Waals surface area contributed by atoms with Gasteiger partial charge in [-0.3, -0.25) is 14.5 Å². The summed E-state index contributed by atoms with van der Waals surface area (Å²) in [5.41, 5.74) is 0. The van der Waals surface area contributed by atoms with Gasteiger partial charge in [0, 0.05) is 30.2 Å². The van der Waals surface area contributed by atoms with Gasteiger partial charge in [0.25, 0.3) is 0 Å². The monoisotopic (exact) mass is 390 g/mol. The predicted octanol–water partition coefficient (Wildman–Crippen LogP) is 3.97. The lowest BCUT2D eigenvalue weighted by Gasteiger charge is -2.07. The molecule has 130 valence electrons. The molecule has 0 aliphatic heterocycles. The Morgan fingerprint density at radius 2 is 2.12 bits per heavy atom. The van der Waals surface area contributed by atoms with Gasteiger partial charge < -0.3 is 5.32 Å². The van der Waals surface area contributed by atoms with Crippen molar-refractivity contribution in [2.75, 3.05) is 12.3 Å². The molecule has 0 saturated heterocycles. The Morgan fingerprint density at radius 1 is 1.28 bits per heavy atom. The molecule has 3 aromatic rings.